The van der Waals surface area contributed by atoms with Crippen molar-refractivity contribution in [2.45, 2.75) is 57.9 Å². The zero-order chi connectivity index (χ0) is 15.5. The molecule has 2 aliphatic rings. The zero-order valence-corrected chi connectivity index (χ0v) is 13.0. The summed E-state index contributed by atoms with van der Waals surface area (Å²) >= 11 is 0. The number of aryl methyl sites for hydroxylation is 1. The van der Waals surface area contributed by atoms with Crippen molar-refractivity contribution in [2.24, 2.45) is 5.92 Å². The number of hydrogen-bond acceptors (Lipinski definition) is 4. The van der Waals surface area contributed by atoms with Crippen molar-refractivity contribution in [3.8, 4) is 0 Å². The van der Waals surface area contributed by atoms with Crippen LogP contribution in [0, 0.1) is 12.8 Å². The molecule has 0 aromatic carbocycles. The molecule has 1 N–H and O–H groups in total. The first-order valence-electron chi connectivity index (χ1n) is 8.17. The molecule has 120 valence electrons. The highest BCUT2D eigenvalue weighted by Gasteiger charge is 2.37. The van der Waals surface area contributed by atoms with E-state index in [2.05, 4.69) is 10.5 Å². The molecule has 0 bridgehead atoms. The number of carbonyl (C=O) groups is 2. The maximum Gasteiger partial charge on any atom is 0.229 e. The Morgan fingerprint density at radius 1 is 1.32 bits per heavy atom. The highest BCUT2D eigenvalue weighted by molar-refractivity contribution is 5.99. The molecule has 6 heteroatoms. The number of hydrogen-bond donors (Lipinski definition) is 1. The topological polar surface area (TPSA) is 75.4 Å². The van der Waals surface area contributed by atoms with Gasteiger partial charge >= 0.3 is 0 Å². The van der Waals surface area contributed by atoms with Gasteiger partial charge in [-0.05, 0) is 19.8 Å². The maximum atomic E-state index is 12.4. The first kappa shape index (κ1) is 15.1. The van der Waals surface area contributed by atoms with Gasteiger partial charge in [0.1, 0.15) is 5.76 Å². The summed E-state index contributed by atoms with van der Waals surface area (Å²) in [7, 11) is 0. The average Bonchev–Trinajstić information content (AvgIpc) is 2.98. The number of carbonyl (C=O) groups excluding carboxylic acids is 2. The first-order valence-corrected chi connectivity index (χ1v) is 8.17. The Labute approximate surface area is 130 Å². The van der Waals surface area contributed by atoms with E-state index in [-0.39, 0.29) is 30.2 Å². The third-order valence-electron chi connectivity index (χ3n) is 4.59. The highest BCUT2D eigenvalue weighted by atomic mass is 16.5. The van der Waals surface area contributed by atoms with Gasteiger partial charge in [-0.1, -0.05) is 30.8 Å². The van der Waals surface area contributed by atoms with E-state index < -0.39 is 0 Å². The lowest BCUT2D eigenvalue weighted by atomic mass is 10.0. The molecule has 3 rings (SSSR count). The van der Waals surface area contributed by atoms with Crippen LogP contribution < -0.4 is 10.2 Å². The number of rotatable bonds is 3. The van der Waals surface area contributed by atoms with Gasteiger partial charge in [-0.15, -0.1) is 0 Å². The monoisotopic (exact) mass is 305 g/mol. The lowest BCUT2D eigenvalue weighted by Gasteiger charge is -2.19. The largest absolute Gasteiger partial charge is 0.360 e. The van der Waals surface area contributed by atoms with Crippen molar-refractivity contribution < 1.29 is 14.1 Å². The molecule has 2 fully saturated rings. The summed E-state index contributed by atoms with van der Waals surface area (Å²) in [6.07, 6.45) is 7.24. The van der Waals surface area contributed by atoms with E-state index in [1.165, 1.54) is 25.7 Å². The molecule has 22 heavy (non-hydrogen) atoms. The van der Waals surface area contributed by atoms with Crippen molar-refractivity contribution in [2.75, 3.05) is 11.4 Å². The minimum absolute atomic E-state index is 0.00275. The number of amides is 2. The predicted octanol–water partition coefficient (Wildman–Crippen LogP) is 2.17. The fraction of sp³-hybridized carbons (Fsp3) is 0.688. The molecule has 1 aliphatic heterocycles. The first-order chi connectivity index (χ1) is 10.6. The standard InChI is InChI=1S/C16H23N3O3/c1-11-8-14(18-22-11)19-10-12(9-15(19)20)16(21)17-13-6-4-2-3-5-7-13/h8,12-13H,2-7,9-10H2,1H3,(H,17,21). The average molecular weight is 305 g/mol. The summed E-state index contributed by atoms with van der Waals surface area (Å²) in [6.45, 7) is 2.18. The molecule has 1 aromatic heterocycles. The van der Waals surface area contributed by atoms with Crippen molar-refractivity contribution in [3.05, 3.63) is 11.8 Å². The minimum atomic E-state index is -0.284. The SMILES string of the molecule is Cc1cc(N2CC(C(=O)NC3CCCCCC3)CC2=O)no1. The van der Waals surface area contributed by atoms with Crippen LogP contribution in [0.3, 0.4) is 0 Å². The Hall–Kier alpha value is -1.85. The van der Waals surface area contributed by atoms with Crippen LogP contribution in [0.1, 0.15) is 50.7 Å². The number of nitrogens with zero attached hydrogens (tertiary/aromatic N) is 2. The number of aromatic nitrogens is 1. The molecule has 2 amide bonds. The van der Waals surface area contributed by atoms with Gasteiger partial charge in [-0.2, -0.15) is 0 Å². The third-order valence-corrected chi connectivity index (χ3v) is 4.59. The smallest absolute Gasteiger partial charge is 0.229 e. The molecular formula is C16H23N3O3. The zero-order valence-electron chi connectivity index (χ0n) is 13.0. The molecule has 1 unspecified atom stereocenters. The summed E-state index contributed by atoms with van der Waals surface area (Å²) in [6, 6.07) is 2.00. The van der Waals surface area contributed by atoms with Gasteiger partial charge < -0.3 is 9.84 Å². The van der Waals surface area contributed by atoms with Crippen LogP contribution in [0.5, 0.6) is 0 Å². The summed E-state index contributed by atoms with van der Waals surface area (Å²) in [5.41, 5.74) is 0. The van der Waals surface area contributed by atoms with E-state index in [9.17, 15) is 9.59 Å². The van der Waals surface area contributed by atoms with Crippen LogP contribution in [-0.4, -0.2) is 29.6 Å². The fourth-order valence-electron chi connectivity index (χ4n) is 3.33. The molecule has 6 nitrogen and oxygen atoms in total. The van der Waals surface area contributed by atoms with Crippen LogP contribution >= 0.6 is 0 Å². The summed E-state index contributed by atoms with van der Waals surface area (Å²) < 4.78 is 5.01. The Balaban J connectivity index is 1.58. The molecular weight excluding hydrogens is 282 g/mol. The van der Waals surface area contributed by atoms with Gasteiger partial charge in [0.2, 0.25) is 11.8 Å². The molecule has 1 aromatic rings. The van der Waals surface area contributed by atoms with Gasteiger partial charge in [0.05, 0.1) is 5.92 Å². The molecule has 1 atom stereocenters. The quantitative estimate of drug-likeness (QED) is 0.868. The van der Waals surface area contributed by atoms with Crippen LogP contribution in [0.4, 0.5) is 5.82 Å². The Kier molecular flexibility index (Phi) is 4.45. The van der Waals surface area contributed by atoms with Crippen molar-refractivity contribution in [3.63, 3.8) is 0 Å². The van der Waals surface area contributed by atoms with E-state index in [4.69, 9.17) is 4.52 Å². The van der Waals surface area contributed by atoms with Gasteiger partial charge in [0, 0.05) is 25.1 Å². The lowest BCUT2D eigenvalue weighted by Crippen LogP contribution is -2.39. The second-order valence-electron chi connectivity index (χ2n) is 6.40. The molecule has 2 heterocycles. The van der Waals surface area contributed by atoms with Crippen LogP contribution in [0.2, 0.25) is 0 Å². The Bertz CT molecular complexity index is 547. The van der Waals surface area contributed by atoms with Gasteiger partial charge in [-0.3, -0.25) is 14.5 Å². The second-order valence-corrected chi connectivity index (χ2v) is 6.40. The van der Waals surface area contributed by atoms with Crippen LogP contribution in [0.15, 0.2) is 10.6 Å². The summed E-state index contributed by atoms with van der Waals surface area (Å²) in [5.74, 6) is 0.825. The summed E-state index contributed by atoms with van der Waals surface area (Å²) in [5, 5.41) is 7.01. The van der Waals surface area contributed by atoms with E-state index in [1.807, 2.05) is 0 Å². The van der Waals surface area contributed by atoms with Crippen LogP contribution in [-0.2, 0) is 9.59 Å². The van der Waals surface area contributed by atoms with Gasteiger partial charge in [0.15, 0.2) is 5.82 Å². The van der Waals surface area contributed by atoms with Crippen LogP contribution in [0.25, 0.3) is 0 Å². The normalized spacial score (nSPS) is 23.6. The Morgan fingerprint density at radius 3 is 2.68 bits per heavy atom. The van der Waals surface area contributed by atoms with Crippen molar-refractivity contribution >= 4 is 17.6 Å². The predicted molar refractivity (Wildman–Crippen MR) is 81.3 cm³/mol. The van der Waals surface area contributed by atoms with E-state index in [0.29, 0.717) is 18.1 Å². The van der Waals surface area contributed by atoms with E-state index in [1.54, 1.807) is 17.9 Å². The van der Waals surface area contributed by atoms with E-state index in [0.717, 1.165) is 12.8 Å². The second kappa shape index (κ2) is 6.50. The third kappa shape index (κ3) is 3.31. The van der Waals surface area contributed by atoms with E-state index >= 15 is 0 Å². The van der Waals surface area contributed by atoms with Gasteiger partial charge in [0.25, 0.3) is 0 Å². The van der Waals surface area contributed by atoms with Crippen molar-refractivity contribution in [1.82, 2.24) is 10.5 Å². The maximum absolute atomic E-state index is 12.4. The molecule has 0 spiro atoms. The van der Waals surface area contributed by atoms with Gasteiger partial charge in [-0.25, -0.2) is 0 Å². The Morgan fingerprint density at radius 2 is 2.05 bits per heavy atom. The molecule has 1 saturated heterocycles. The van der Waals surface area contributed by atoms with Crippen molar-refractivity contribution in [1.29, 1.82) is 0 Å². The fourth-order valence-corrected chi connectivity index (χ4v) is 3.33. The molecule has 1 aliphatic carbocycles. The number of anilines is 1. The highest BCUT2D eigenvalue weighted by Crippen LogP contribution is 2.25. The summed E-state index contributed by atoms with van der Waals surface area (Å²) in [4.78, 5) is 26.1. The minimum Gasteiger partial charge on any atom is -0.360 e. The number of nitrogens with one attached hydrogen (secondary N) is 1. The molecule has 0 radical (unpaired) electrons. The molecule has 1 saturated carbocycles. The lowest BCUT2D eigenvalue weighted by molar-refractivity contribution is -0.127.